The lowest BCUT2D eigenvalue weighted by atomic mass is 9.88. The lowest BCUT2D eigenvalue weighted by molar-refractivity contribution is 0.314. The maximum atomic E-state index is 6.01. The molecule has 1 saturated carbocycles. The molecule has 2 heteroatoms. The average molecular weight is 257 g/mol. The minimum absolute atomic E-state index is 0.525. The lowest BCUT2D eigenvalue weighted by Gasteiger charge is -2.23. The highest BCUT2D eigenvalue weighted by Crippen LogP contribution is 2.37. The molecule has 19 heavy (non-hydrogen) atoms. The van der Waals surface area contributed by atoms with Crippen LogP contribution in [0.25, 0.3) is 0 Å². The molecule has 2 aliphatic carbocycles. The van der Waals surface area contributed by atoms with Crippen molar-refractivity contribution in [3.63, 3.8) is 0 Å². The van der Waals surface area contributed by atoms with E-state index in [1.807, 2.05) is 0 Å². The Morgan fingerprint density at radius 3 is 2.53 bits per heavy atom. The van der Waals surface area contributed by atoms with Gasteiger partial charge in [-0.05, 0) is 68.6 Å². The molecule has 1 atom stereocenters. The third-order valence-corrected chi connectivity index (χ3v) is 4.76. The van der Waals surface area contributed by atoms with E-state index in [0.717, 1.165) is 18.4 Å². The summed E-state index contributed by atoms with van der Waals surface area (Å²) in [4.78, 5) is 0. The summed E-state index contributed by atoms with van der Waals surface area (Å²) in [6.07, 6.45) is 10.3. The first-order chi connectivity index (χ1) is 9.40. The summed E-state index contributed by atoms with van der Waals surface area (Å²) in [6, 6.07) is 6.09. The van der Waals surface area contributed by atoms with Crippen molar-refractivity contribution in [1.29, 1.82) is 0 Å². The van der Waals surface area contributed by atoms with Gasteiger partial charge in [0.15, 0.2) is 0 Å². The summed E-state index contributed by atoms with van der Waals surface area (Å²) in [6.45, 7) is 0.884. The second-order valence-electron chi connectivity index (χ2n) is 6.35. The molecule has 0 bridgehead atoms. The van der Waals surface area contributed by atoms with Gasteiger partial charge in [0.25, 0.3) is 0 Å². The number of ether oxygens (including phenoxy) is 1. The summed E-state index contributed by atoms with van der Waals surface area (Å²) in [5, 5.41) is 3.82. The fraction of sp³-hybridized carbons (Fsp3) is 0.647. The highest BCUT2D eigenvalue weighted by atomic mass is 16.5. The van der Waals surface area contributed by atoms with Crippen LogP contribution in [-0.4, -0.2) is 12.6 Å². The van der Waals surface area contributed by atoms with E-state index in [1.54, 1.807) is 5.56 Å². The maximum absolute atomic E-state index is 6.01. The van der Waals surface area contributed by atoms with Gasteiger partial charge < -0.3 is 10.1 Å². The number of nitrogens with one attached hydrogen (secondary N) is 1. The molecule has 0 amide bonds. The number of benzene rings is 1. The van der Waals surface area contributed by atoms with Gasteiger partial charge in [0.05, 0.1) is 6.61 Å². The Hall–Kier alpha value is -1.02. The Morgan fingerprint density at radius 2 is 1.74 bits per heavy atom. The van der Waals surface area contributed by atoms with Gasteiger partial charge in [-0.1, -0.05) is 6.07 Å². The fourth-order valence-electron chi connectivity index (χ4n) is 3.51. The lowest BCUT2D eigenvalue weighted by Crippen LogP contribution is -2.23. The van der Waals surface area contributed by atoms with Crippen molar-refractivity contribution in [2.45, 2.75) is 63.5 Å². The van der Waals surface area contributed by atoms with Crippen LogP contribution in [-0.2, 0) is 12.8 Å². The predicted octanol–water partition coefficient (Wildman–Crippen LogP) is 3.53. The Bertz CT molecular complexity index is 478. The van der Waals surface area contributed by atoms with Crippen molar-refractivity contribution in [3.05, 3.63) is 28.8 Å². The van der Waals surface area contributed by atoms with Crippen molar-refractivity contribution in [2.24, 2.45) is 0 Å². The Labute approximate surface area is 115 Å². The van der Waals surface area contributed by atoms with E-state index in [0.29, 0.717) is 6.04 Å². The van der Waals surface area contributed by atoms with E-state index >= 15 is 0 Å². The quantitative estimate of drug-likeness (QED) is 0.875. The molecule has 1 heterocycles. The van der Waals surface area contributed by atoms with E-state index in [-0.39, 0.29) is 0 Å². The fourth-order valence-corrected chi connectivity index (χ4v) is 3.51. The minimum atomic E-state index is 0.525. The highest BCUT2D eigenvalue weighted by Gasteiger charge is 2.28. The summed E-state index contributed by atoms with van der Waals surface area (Å²) in [5.41, 5.74) is 4.56. The monoisotopic (exact) mass is 257 g/mol. The van der Waals surface area contributed by atoms with Crippen LogP contribution in [0, 0.1) is 0 Å². The summed E-state index contributed by atoms with van der Waals surface area (Å²) in [5.74, 6) is 1.16. The summed E-state index contributed by atoms with van der Waals surface area (Å²) in [7, 11) is 0. The molecule has 1 unspecified atom stereocenters. The molecule has 1 aromatic carbocycles. The molecular formula is C17H23NO. The van der Waals surface area contributed by atoms with E-state index in [4.69, 9.17) is 4.74 Å². The number of aryl methyl sites for hydroxylation is 2. The zero-order chi connectivity index (χ0) is 12.7. The number of hydrogen-bond acceptors (Lipinski definition) is 2. The molecular weight excluding hydrogens is 234 g/mol. The zero-order valence-corrected chi connectivity index (χ0v) is 11.6. The Morgan fingerprint density at radius 1 is 0.947 bits per heavy atom. The van der Waals surface area contributed by atoms with Crippen LogP contribution in [0.5, 0.6) is 5.75 Å². The minimum Gasteiger partial charge on any atom is -0.493 e. The van der Waals surface area contributed by atoms with Crippen LogP contribution < -0.4 is 10.1 Å². The van der Waals surface area contributed by atoms with Crippen LogP contribution in [0.2, 0.25) is 0 Å². The average Bonchev–Trinajstić information content (AvgIpc) is 3.26. The van der Waals surface area contributed by atoms with Crippen molar-refractivity contribution in [3.8, 4) is 5.75 Å². The SMILES string of the molecule is c1c2c(cc3c1OCCCC3NC1CC1)CCCC2. The van der Waals surface area contributed by atoms with Gasteiger partial charge in [-0.3, -0.25) is 0 Å². The molecule has 2 nitrogen and oxygen atoms in total. The van der Waals surface area contributed by atoms with Crippen LogP contribution in [0.4, 0.5) is 0 Å². The standard InChI is InChI=1S/C17H23NO/c1-2-5-13-11-17-15(10-12(13)4-1)16(6-3-9-19-17)18-14-7-8-14/h10-11,14,16,18H,1-9H2. The third-order valence-electron chi connectivity index (χ3n) is 4.76. The van der Waals surface area contributed by atoms with E-state index < -0.39 is 0 Å². The summed E-state index contributed by atoms with van der Waals surface area (Å²) >= 11 is 0. The molecule has 1 N–H and O–H groups in total. The first-order valence-corrected chi connectivity index (χ1v) is 7.95. The molecule has 0 saturated heterocycles. The first kappa shape index (κ1) is 11.8. The molecule has 0 spiro atoms. The molecule has 1 aromatic rings. The van der Waals surface area contributed by atoms with Crippen molar-refractivity contribution in [1.82, 2.24) is 5.32 Å². The number of rotatable bonds is 2. The number of hydrogen-bond donors (Lipinski definition) is 1. The van der Waals surface area contributed by atoms with Gasteiger partial charge in [-0.2, -0.15) is 0 Å². The van der Waals surface area contributed by atoms with E-state index in [1.165, 1.54) is 62.5 Å². The Kier molecular flexibility index (Phi) is 2.99. The molecule has 0 aromatic heterocycles. The van der Waals surface area contributed by atoms with Gasteiger partial charge in [0.1, 0.15) is 5.75 Å². The second-order valence-corrected chi connectivity index (χ2v) is 6.35. The topological polar surface area (TPSA) is 21.3 Å². The maximum Gasteiger partial charge on any atom is 0.124 e. The molecule has 0 radical (unpaired) electrons. The Balaban J connectivity index is 1.70. The van der Waals surface area contributed by atoms with Gasteiger partial charge in [0.2, 0.25) is 0 Å². The predicted molar refractivity (Wildman–Crippen MR) is 76.7 cm³/mol. The summed E-state index contributed by atoms with van der Waals surface area (Å²) < 4.78 is 6.01. The first-order valence-electron chi connectivity index (χ1n) is 7.95. The van der Waals surface area contributed by atoms with Crippen LogP contribution >= 0.6 is 0 Å². The van der Waals surface area contributed by atoms with Crippen molar-refractivity contribution < 1.29 is 4.74 Å². The zero-order valence-electron chi connectivity index (χ0n) is 11.6. The van der Waals surface area contributed by atoms with Gasteiger partial charge in [-0.15, -0.1) is 0 Å². The van der Waals surface area contributed by atoms with Crippen molar-refractivity contribution in [2.75, 3.05) is 6.61 Å². The molecule has 4 rings (SSSR count). The van der Waals surface area contributed by atoms with E-state index in [9.17, 15) is 0 Å². The normalized spacial score (nSPS) is 26.0. The van der Waals surface area contributed by atoms with Crippen LogP contribution in [0.1, 0.15) is 61.3 Å². The van der Waals surface area contributed by atoms with Crippen LogP contribution in [0.15, 0.2) is 12.1 Å². The van der Waals surface area contributed by atoms with Gasteiger partial charge in [0, 0.05) is 17.6 Å². The van der Waals surface area contributed by atoms with Gasteiger partial charge >= 0.3 is 0 Å². The molecule has 1 aliphatic heterocycles. The largest absolute Gasteiger partial charge is 0.493 e. The number of fused-ring (bicyclic) bond motifs is 2. The highest BCUT2D eigenvalue weighted by molar-refractivity contribution is 5.46. The van der Waals surface area contributed by atoms with Gasteiger partial charge in [-0.25, -0.2) is 0 Å². The third kappa shape index (κ3) is 2.38. The van der Waals surface area contributed by atoms with Crippen LogP contribution in [0.3, 0.4) is 0 Å². The molecule has 1 fully saturated rings. The molecule has 3 aliphatic rings. The smallest absolute Gasteiger partial charge is 0.124 e. The van der Waals surface area contributed by atoms with Crippen molar-refractivity contribution >= 4 is 0 Å². The second kappa shape index (κ2) is 4.82. The molecule has 102 valence electrons. The van der Waals surface area contributed by atoms with E-state index in [2.05, 4.69) is 17.4 Å².